The van der Waals surface area contributed by atoms with Gasteiger partial charge in [0.25, 0.3) is 0 Å². The van der Waals surface area contributed by atoms with Crippen molar-refractivity contribution in [3.05, 3.63) is 95.7 Å². The van der Waals surface area contributed by atoms with Gasteiger partial charge < -0.3 is 9.32 Å². The summed E-state index contributed by atoms with van der Waals surface area (Å²) in [5.74, 6) is 0.958. The van der Waals surface area contributed by atoms with E-state index in [2.05, 4.69) is 10.2 Å². The monoisotopic (exact) mass is 438 g/mol. The van der Waals surface area contributed by atoms with Crippen molar-refractivity contribution in [2.45, 2.75) is 18.2 Å². The number of hydrogen-bond acceptors (Lipinski definition) is 5. The fourth-order valence-electron chi connectivity index (χ4n) is 2.97. The Kier molecular flexibility index (Phi) is 6.51. The average molecular weight is 439 g/mol. The van der Waals surface area contributed by atoms with Crippen LogP contribution in [0.25, 0.3) is 5.69 Å². The Morgan fingerprint density at radius 1 is 1.07 bits per heavy atom. The average Bonchev–Trinajstić information content (AvgIpc) is 3.44. The number of amides is 1. The van der Waals surface area contributed by atoms with Gasteiger partial charge in [-0.25, -0.2) is 0 Å². The van der Waals surface area contributed by atoms with Crippen LogP contribution in [0.15, 0.2) is 88.9 Å². The van der Waals surface area contributed by atoms with Crippen molar-refractivity contribution in [3.8, 4) is 5.69 Å². The second-order valence-corrected chi connectivity index (χ2v) is 7.95. The van der Waals surface area contributed by atoms with E-state index in [4.69, 9.17) is 16.0 Å². The maximum absolute atomic E-state index is 13.1. The van der Waals surface area contributed by atoms with Gasteiger partial charge in [-0.15, -0.1) is 10.2 Å². The van der Waals surface area contributed by atoms with Crippen molar-refractivity contribution in [3.63, 3.8) is 0 Å². The maximum atomic E-state index is 13.1. The van der Waals surface area contributed by atoms with Crippen LogP contribution in [0.3, 0.4) is 0 Å². The summed E-state index contributed by atoms with van der Waals surface area (Å²) in [6, 6.07) is 21.0. The summed E-state index contributed by atoms with van der Waals surface area (Å²) in [6.45, 7) is 0.907. The van der Waals surface area contributed by atoms with Gasteiger partial charge in [-0.2, -0.15) is 0 Å². The van der Waals surface area contributed by atoms with E-state index in [1.54, 1.807) is 17.5 Å². The number of thioether (sulfide) groups is 1. The second-order valence-electron chi connectivity index (χ2n) is 6.57. The highest BCUT2D eigenvalue weighted by Crippen LogP contribution is 2.22. The molecule has 1 amide bonds. The Labute approximate surface area is 183 Å². The molecular weight excluding hydrogens is 420 g/mol. The molecule has 0 spiro atoms. The Bertz CT molecular complexity index is 1100. The number of furan rings is 1. The molecule has 6 nitrogen and oxygen atoms in total. The predicted octanol–water partition coefficient (Wildman–Crippen LogP) is 4.83. The molecule has 152 valence electrons. The molecule has 0 saturated heterocycles. The molecule has 0 fully saturated rings. The molecule has 0 atom stereocenters. The normalized spacial score (nSPS) is 10.8. The summed E-state index contributed by atoms with van der Waals surface area (Å²) in [5.41, 5.74) is 1.91. The van der Waals surface area contributed by atoms with Gasteiger partial charge in [0.1, 0.15) is 12.1 Å². The van der Waals surface area contributed by atoms with Crippen molar-refractivity contribution in [1.82, 2.24) is 19.7 Å². The van der Waals surface area contributed by atoms with Gasteiger partial charge in [0.05, 0.1) is 24.2 Å². The number of benzene rings is 2. The fourth-order valence-corrected chi connectivity index (χ4v) is 3.99. The number of carbonyl (C=O) groups excluding carboxylic acids is 1. The van der Waals surface area contributed by atoms with E-state index < -0.39 is 0 Å². The molecule has 0 aliphatic carbocycles. The van der Waals surface area contributed by atoms with Crippen molar-refractivity contribution in [1.29, 1.82) is 0 Å². The summed E-state index contributed by atoms with van der Waals surface area (Å²) < 4.78 is 7.27. The molecular formula is C22H19ClN4O2S. The molecule has 0 N–H and O–H groups in total. The first-order chi connectivity index (χ1) is 14.7. The van der Waals surface area contributed by atoms with Crippen molar-refractivity contribution in [2.24, 2.45) is 0 Å². The molecule has 8 heteroatoms. The van der Waals surface area contributed by atoms with Gasteiger partial charge in [0, 0.05) is 11.6 Å². The highest BCUT2D eigenvalue weighted by molar-refractivity contribution is 7.99. The SMILES string of the molecule is O=C(CSc1nncn1-c1cccc(Cl)c1)N(Cc1ccccc1)Cc1ccco1. The Morgan fingerprint density at radius 2 is 1.93 bits per heavy atom. The van der Waals surface area contributed by atoms with Crippen molar-refractivity contribution >= 4 is 29.3 Å². The van der Waals surface area contributed by atoms with Crippen LogP contribution in [0.1, 0.15) is 11.3 Å². The lowest BCUT2D eigenvalue weighted by Gasteiger charge is -2.21. The minimum Gasteiger partial charge on any atom is -0.467 e. The Balaban J connectivity index is 1.47. The lowest BCUT2D eigenvalue weighted by atomic mass is 10.2. The molecule has 0 aliphatic rings. The molecule has 30 heavy (non-hydrogen) atoms. The zero-order valence-electron chi connectivity index (χ0n) is 16.0. The molecule has 0 radical (unpaired) electrons. The maximum Gasteiger partial charge on any atom is 0.233 e. The molecule has 2 aromatic carbocycles. The molecule has 0 aliphatic heterocycles. The van der Waals surface area contributed by atoms with E-state index >= 15 is 0 Å². The number of halogens is 1. The van der Waals surface area contributed by atoms with Gasteiger partial charge >= 0.3 is 0 Å². The number of nitrogens with zero attached hydrogens (tertiary/aromatic N) is 4. The first-order valence-electron chi connectivity index (χ1n) is 9.32. The highest BCUT2D eigenvalue weighted by Gasteiger charge is 2.18. The van der Waals surface area contributed by atoms with E-state index in [-0.39, 0.29) is 11.7 Å². The molecule has 2 heterocycles. The number of aromatic nitrogens is 3. The molecule has 0 saturated carbocycles. The molecule has 0 unspecified atom stereocenters. The van der Waals surface area contributed by atoms with E-state index in [1.807, 2.05) is 71.3 Å². The first kappa shape index (κ1) is 20.3. The molecule has 4 rings (SSSR count). The molecule has 0 bridgehead atoms. The van der Waals surface area contributed by atoms with Crippen molar-refractivity contribution in [2.75, 3.05) is 5.75 Å². The third-order valence-electron chi connectivity index (χ3n) is 4.42. The van der Waals surface area contributed by atoms with Crippen LogP contribution in [-0.4, -0.2) is 31.3 Å². The molecule has 4 aromatic rings. The first-order valence-corrected chi connectivity index (χ1v) is 10.7. The summed E-state index contributed by atoms with van der Waals surface area (Å²) in [4.78, 5) is 14.8. The zero-order valence-corrected chi connectivity index (χ0v) is 17.6. The van der Waals surface area contributed by atoms with Crippen molar-refractivity contribution < 1.29 is 9.21 Å². The number of rotatable bonds is 8. The quantitative estimate of drug-likeness (QED) is 0.368. The van der Waals surface area contributed by atoms with E-state index in [0.717, 1.165) is 17.0 Å². The predicted molar refractivity (Wildman–Crippen MR) is 116 cm³/mol. The van der Waals surface area contributed by atoms with Crippen LogP contribution >= 0.6 is 23.4 Å². The fraction of sp³-hybridized carbons (Fsp3) is 0.136. The summed E-state index contributed by atoms with van der Waals surface area (Å²) >= 11 is 7.44. The van der Waals surface area contributed by atoms with Crippen LogP contribution in [0, 0.1) is 0 Å². The zero-order chi connectivity index (χ0) is 20.8. The van der Waals surface area contributed by atoms with Gasteiger partial charge in [-0.05, 0) is 35.9 Å². The van der Waals surface area contributed by atoms with Gasteiger partial charge in [0.2, 0.25) is 5.91 Å². The van der Waals surface area contributed by atoms with Crippen LogP contribution in [0.5, 0.6) is 0 Å². The third kappa shape index (κ3) is 5.11. The number of carbonyl (C=O) groups is 1. The van der Waals surface area contributed by atoms with E-state index in [1.165, 1.54) is 11.8 Å². The van der Waals surface area contributed by atoms with Crippen LogP contribution in [0.2, 0.25) is 5.02 Å². The Hall–Kier alpha value is -3.03. The molecule has 2 aromatic heterocycles. The topological polar surface area (TPSA) is 64.2 Å². The highest BCUT2D eigenvalue weighted by atomic mass is 35.5. The second kappa shape index (κ2) is 9.65. The van der Waals surface area contributed by atoms with E-state index in [0.29, 0.717) is 23.3 Å². The smallest absolute Gasteiger partial charge is 0.233 e. The minimum atomic E-state index is -0.0131. The van der Waals surface area contributed by atoms with Gasteiger partial charge in [0.15, 0.2) is 5.16 Å². The van der Waals surface area contributed by atoms with E-state index in [9.17, 15) is 4.79 Å². The lowest BCUT2D eigenvalue weighted by Crippen LogP contribution is -2.31. The third-order valence-corrected chi connectivity index (χ3v) is 5.59. The Morgan fingerprint density at radius 3 is 2.70 bits per heavy atom. The summed E-state index contributed by atoms with van der Waals surface area (Å²) in [6.07, 6.45) is 3.23. The van der Waals surface area contributed by atoms with Gasteiger partial charge in [-0.1, -0.05) is 59.8 Å². The lowest BCUT2D eigenvalue weighted by molar-refractivity contribution is -0.129. The van der Waals surface area contributed by atoms with Crippen LogP contribution in [0.4, 0.5) is 0 Å². The van der Waals surface area contributed by atoms with Crippen LogP contribution < -0.4 is 0 Å². The minimum absolute atomic E-state index is 0.0131. The van der Waals surface area contributed by atoms with Crippen LogP contribution in [-0.2, 0) is 17.9 Å². The summed E-state index contributed by atoms with van der Waals surface area (Å²) in [7, 11) is 0. The van der Waals surface area contributed by atoms with Gasteiger partial charge in [-0.3, -0.25) is 9.36 Å². The number of hydrogen-bond donors (Lipinski definition) is 0. The standard InChI is InChI=1S/C22H19ClN4O2S/c23-18-8-4-9-19(12-18)27-16-24-25-22(27)30-15-21(28)26(14-20-10-5-11-29-20)13-17-6-2-1-3-7-17/h1-12,16H,13-15H2. The summed E-state index contributed by atoms with van der Waals surface area (Å²) in [5, 5.41) is 9.40. The largest absolute Gasteiger partial charge is 0.467 e.